The van der Waals surface area contributed by atoms with Gasteiger partial charge in [0.25, 0.3) is 0 Å². The molecule has 3 heterocycles. The van der Waals surface area contributed by atoms with Gasteiger partial charge in [-0.1, -0.05) is 12.1 Å². The molecule has 0 amide bonds. The molecule has 0 aliphatic carbocycles. The van der Waals surface area contributed by atoms with E-state index in [-0.39, 0.29) is 19.3 Å². The molecule has 0 bridgehead atoms. The molecular weight excluding hydrogens is 342 g/mol. The van der Waals surface area contributed by atoms with Crippen molar-refractivity contribution < 1.29 is 14.6 Å². The number of hydrogen-bond acceptors (Lipinski definition) is 5. The maximum Gasteiger partial charge on any atom is 0.140 e. The Morgan fingerprint density at radius 1 is 1.15 bits per heavy atom. The quantitative estimate of drug-likeness (QED) is 0.697. The van der Waals surface area contributed by atoms with E-state index in [9.17, 15) is 0 Å². The molecule has 4 rings (SSSR count). The van der Waals surface area contributed by atoms with Crippen LogP contribution in [0.4, 0.5) is 0 Å². The van der Waals surface area contributed by atoms with Gasteiger partial charge in [-0.3, -0.25) is 4.98 Å². The maximum absolute atomic E-state index is 8.96. The van der Waals surface area contributed by atoms with Gasteiger partial charge in [-0.15, -0.1) is 0 Å². The fourth-order valence-corrected chi connectivity index (χ4v) is 3.60. The standard InChI is InChI=1S/C21H23N3O3/c25-10-11-27-19-3-1-2-17(13-19)21-23-8-9-24(21)20-15-26-14-18(20)12-16-4-6-22-7-5-16/h1-9,13,18,20,25H,10-12,14-15H2/t18-,20+/m0/s1. The van der Waals surface area contributed by atoms with Crippen molar-refractivity contribution in [1.82, 2.24) is 14.5 Å². The van der Waals surface area contributed by atoms with E-state index in [1.165, 1.54) is 5.56 Å². The Labute approximate surface area is 158 Å². The molecule has 0 spiro atoms. The van der Waals surface area contributed by atoms with E-state index >= 15 is 0 Å². The topological polar surface area (TPSA) is 69.4 Å². The third-order valence-corrected chi connectivity index (χ3v) is 4.89. The minimum Gasteiger partial charge on any atom is -0.491 e. The molecule has 27 heavy (non-hydrogen) atoms. The van der Waals surface area contributed by atoms with Crippen LogP contribution in [0.5, 0.6) is 5.75 Å². The lowest BCUT2D eigenvalue weighted by Crippen LogP contribution is -2.20. The zero-order valence-electron chi connectivity index (χ0n) is 15.1. The molecule has 1 saturated heterocycles. The summed E-state index contributed by atoms with van der Waals surface area (Å²) in [5.41, 5.74) is 2.26. The van der Waals surface area contributed by atoms with Crippen molar-refractivity contribution in [2.24, 2.45) is 5.92 Å². The van der Waals surface area contributed by atoms with Crippen molar-refractivity contribution >= 4 is 0 Å². The Hall–Kier alpha value is -2.70. The van der Waals surface area contributed by atoms with Crippen LogP contribution in [0.25, 0.3) is 11.4 Å². The average Bonchev–Trinajstić information content (AvgIpc) is 3.36. The minimum atomic E-state index is -0.00501. The van der Waals surface area contributed by atoms with Gasteiger partial charge < -0.3 is 19.1 Å². The summed E-state index contributed by atoms with van der Waals surface area (Å²) in [6.45, 7) is 1.70. The number of aliphatic hydroxyl groups excluding tert-OH is 1. The number of aromatic nitrogens is 3. The summed E-state index contributed by atoms with van der Waals surface area (Å²) < 4.78 is 13.6. The molecule has 3 aromatic rings. The lowest BCUT2D eigenvalue weighted by Gasteiger charge is -2.21. The van der Waals surface area contributed by atoms with Gasteiger partial charge >= 0.3 is 0 Å². The van der Waals surface area contributed by atoms with E-state index in [0.29, 0.717) is 12.5 Å². The first-order valence-corrected chi connectivity index (χ1v) is 9.18. The van der Waals surface area contributed by atoms with Gasteiger partial charge in [0.1, 0.15) is 18.2 Å². The molecule has 1 aliphatic heterocycles. The largest absolute Gasteiger partial charge is 0.491 e. The predicted molar refractivity (Wildman–Crippen MR) is 102 cm³/mol. The van der Waals surface area contributed by atoms with Crippen molar-refractivity contribution in [3.8, 4) is 17.1 Å². The van der Waals surface area contributed by atoms with Gasteiger partial charge in [0, 0.05) is 36.3 Å². The minimum absolute atomic E-state index is 0.00501. The molecule has 1 fully saturated rings. The highest BCUT2D eigenvalue weighted by atomic mass is 16.5. The highest BCUT2D eigenvalue weighted by Gasteiger charge is 2.31. The Morgan fingerprint density at radius 2 is 2.04 bits per heavy atom. The van der Waals surface area contributed by atoms with E-state index in [2.05, 4.69) is 26.7 Å². The molecule has 1 aliphatic rings. The first-order chi connectivity index (χ1) is 13.3. The van der Waals surface area contributed by atoms with Gasteiger partial charge in [0.05, 0.1) is 25.9 Å². The summed E-state index contributed by atoms with van der Waals surface area (Å²) in [5.74, 6) is 2.01. The Morgan fingerprint density at radius 3 is 2.89 bits per heavy atom. The molecule has 1 N–H and O–H groups in total. The normalized spacial score (nSPS) is 19.3. The highest BCUT2D eigenvalue weighted by Crippen LogP contribution is 2.33. The van der Waals surface area contributed by atoms with Crippen LogP contribution in [0.2, 0.25) is 0 Å². The van der Waals surface area contributed by atoms with Gasteiger partial charge in [-0.25, -0.2) is 4.98 Å². The number of ether oxygens (including phenoxy) is 2. The molecule has 1 aromatic carbocycles. The van der Waals surface area contributed by atoms with Crippen LogP contribution in [-0.4, -0.2) is 46.1 Å². The summed E-state index contributed by atoms with van der Waals surface area (Å²) in [6.07, 6.45) is 8.47. The molecular formula is C21H23N3O3. The van der Waals surface area contributed by atoms with Crippen molar-refractivity contribution in [3.63, 3.8) is 0 Å². The lowest BCUT2D eigenvalue weighted by atomic mass is 9.95. The number of nitrogens with zero attached hydrogens (tertiary/aromatic N) is 3. The van der Waals surface area contributed by atoms with Gasteiger partial charge in [0.15, 0.2) is 0 Å². The molecule has 6 heteroatoms. The van der Waals surface area contributed by atoms with Crippen LogP contribution in [0.3, 0.4) is 0 Å². The number of imidazole rings is 1. The molecule has 2 aromatic heterocycles. The van der Waals surface area contributed by atoms with Crippen LogP contribution in [0.15, 0.2) is 61.2 Å². The second-order valence-electron chi connectivity index (χ2n) is 6.68. The summed E-state index contributed by atoms with van der Waals surface area (Å²) in [7, 11) is 0. The van der Waals surface area contributed by atoms with Gasteiger partial charge in [0.2, 0.25) is 0 Å². The molecule has 140 valence electrons. The molecule has 0 saturated carbocycles. The van der Waals surface area contributed by atoms with Gasteiger partial charge in [-0.05, 0) is 36.2 Å². The second kappa shape index (κ2) is 8.33. The number of hydrogen-bond donors (Lipinski definition) is 1. The fourth-order valence-electron chi connectivity index (χ4n) is 3.60. The Bertz CT molecular complexity index is 866. The third kappa shape index (κ3) is 4.02. The smallest absolute Gasteiger partial charge is 0.140 e. The molecule has 6 nitrogen and oxygen atoms in total. The molecule has 0 unspecified atom stereocenters. The average molecular weight is 365 g/mol. The fraction of sp³-hybridized carbons (Fsp3) is 0.333. The van der Waals surface area contributed by atoms with E-state index in [1.54, 1.807) is 0 Å². The third-order valence-electron chi connectivity index (χ3n) is 4.89. The van der Waals surface area contributed by atoms with Crippen molar-refractivity contribution in [1.29, 1.82) is 0 Å². The van der Waals surface area contributed by atoms with Gasteiger partial charge in [-0.2, -0.15) is 0 Å². The van der Waals surface area contributed by atoms with E-state index in [4.69, 9.17) is 14.6 Å². The van der Waals surface area contributed by atoms with Crippen LogP contribution >= 0.6 is 0 Å². The zero-order chi connectivity index (χ0) is 18.5. The van der Waals surface area contributed by atoms with Crippen molar-refractivity contribution in [2.75, 3.05) is 26.4 Å². The predicted octanol–water partition coefficient (Wildman–Crippen LogP) is 2.75. The Balaban J connectivity index is 1.58. The summed E-state index contributed by atoms with van der Waals surface area (Å²) >= 11 is 0. The maximum atomic E-state index is 8.96. The van der Waals surface area contributed by atoms with E-state index < -0.39 is 0 Å². The molecule has 0 radical (unpaired) electrons. The summed E-state index contributed by atoms with van der Waals surface area (Å²) in [4.78, 5) is 8.68. The number of aliphatic hydroxyl groups is 1. The highest BCUT2D eigenvalue weighted by molar-refractivity contribution is 5.58. The summed E-state index contributed by atoms with van der Waals surface area (Å²) in [6, 6.07) is 12.2. The summed E-state index contributed by atoms with van der Waals surface area (Å²) in [5, 5.41) is 8.96. The van der Waals surface area contributed by atoms with Crippen LogP contribution < -0.4 is 4.74 Å². The van der Waals surface area contributed by atoms with E-state index in [1.807, 2.05) is 49.1 Å². The number of benzene rings is 1. The first kappa shape index (κ1) is 17.7. The molecule has 2 atom stereocenters. The number of rotatable bonds is 7. The second-order valence-corrected chi connectivity index (χ2v) is 6.68. The Kier molecular flexibility index (Phi) is 5.46. The SMILES string of the molecule is OCCOc1cccc(-c2nccn2[C@@H]2COC[C@@H]2Cc2ccncc2)c1. The van der Waals surface area contributed by atoms with E-state index in [0.717, 1.165) is 30.2 Å². The number of pyridine rings is 1. The monoisotopic (exact) mass is 365 g/mol. The van der Waals surface area contributed by atoms with Crippen LogP contribution in [0, 0.1) is 5.92 Å². The first-order valence-electron chi connectivity index (χ1n) is 9.18. The van der Waals surface area contributed by atoms with Crippen LogP contribution in [-0.2, 0) is 11.2 Å². The van der Waals surface area contributed by atoms with Crippen LogP contribution in [0.1, 0.15) is 11.6 Å². The van der Waals surface area contributed by atoms with Crippen molar-refractivity contribution in [3.05, 3.63) is 66.7 Å². The van der Waals surface area contributed by atoms with Crippen molar-refractivity contribution in [2.45, 2.75) is 12.5 Å². The zero-order valence-corrected chi connectivity index (χ0v) is 15.1. The lowest BCUT2D eigenvalue weighted by molar-refractivity contribution is 0.181.